The first kappa shape index (κ1) is 71.0. The van der Waals surface area contributed by atoms with Crippen LogP contribution in [0.4, 0.5) is 26.3 Å². The monoisotopic (exact) mass is 1240 g/mol. The van der Waals surface area contributed by atoms with Gasteiger partial charge >= 0.3 is 12.4 Å². The smallest absolute Gasteiger partial charge is 0.411 e. The minimum absolute atomic E-state index is 0.0431. The highest BCUT2D eigenvalue weighted by molar-refractivity contribution is 7.97. The summed E-state index contributed by atoms with van der Waals surface area (Å²) < 4.78 is 128. The van der Waals surface area contributed by atoms with E-state index in [4.69, 9.17) is 37.9 Å². The topological polar surface area (TPSA) is 83.1 Å². The maximum absolute atomic E-state index is 13.8. The number of hydrogen-bond acceptors (Lipinski definition) is 10. The van der Waals surface area contributed by atoms with Gasteiger partial charge in [-0.25, -0.2) is 0 Å². The maximum atomic E-state index is 13.8. The summed E-state index contributed by atoms with van der Waals surface area (Å²) >= 11 is 1.75. The second kappa shape index (κ2) is 33.0. The van der Waals surface area contributed by atoms with Crippen LogP contribution in [-0.2, 0) is 21.0 Å². The van der Waals surface area contributed by atoms with Crippen molar-refractivity contribution >= 4 is 11.8 Å². The number of fused-ring (bicyclic) bond motifs is 3. The van der Waals surface area contributed by atoms with Crippen LogP contribution in [-0.4, -0.2) is 96.0 Å². The van der Waals surface area contributed by atoms with E-state index in [0.29, 0.717) is 0 Å². The van der Waals surface area contributed by atoms with Crippen molar-refractivity contribution in [1.82, 2.24) is 0 Å². The summed E-state index contributed by atoms with van der Waals surface area (Å²) in [5.74, 6) is 5.48. The Hall–Kier alpha value is -8.73. The highest BCUT2D eigenvalue weighted by atomic mass is 32.2. The van der Waals surface area contributed by atoms with Gasteiger partial charge in [-0.3, -0.25) is 0 Å². The highest BCUT2D eigenvalue weighted by Gasteiger charge is 2.72. The van der Waals surface area contributed by atoms with E-state index in [9.17, 15) is 26.3 Å². The van der Waals surface area contributed by atoms with Crippen molar-refractivity contribution in [2.24, 2.45) is 0 Å². The summed E-state index contributed by atoms with van der Waals surface area (Å²) in [7, 11) is 15.8. The first-order chi connectivity index (χ1) is 42.6. The first-order valence-electron chi connectivity index (χ1n) is 27.8. The van der Waals surface area contributed by atoms with Crippen LogP contribution >= 0.6 is 11.8 Å². The zero-order valence-electron chi connectivity index (χ0n) is 52.6. The van der Waals surface area contributed by atoms with Crippen molar-refractivity contribution in [2.45, 2.75) is 42.4 Å². The minimum atomic E-state index is -5.62. The molecule has 472 valence electrons. The Kier molecular flexibility index (Phi) is 26.4. The lowest BCUT2D eigenvalue weighted by molar-refractivity contribution is -0.288. The van der Waals surface area contributed by atoms with Crippen molar-refractivity contribution < 1.29 is 69.0 Å². The number of ether oxygens (including phenoxy) is 9. The zero-order chi connectivity index (χ0) is 65.4. The lowest BCUT2D eigenvalue weighted by Gasteiger charge is -2.38. The van der Waals surface area contributed by atoms with Crippen LogP contribution in [0.15, 0.2) is 218 Å². The number of rotatable bonds is 14. The predicted octanol–water partition coefficient (Wildman–Crippen LogP) is 18.2. The number of benzene rings is 9. The van der Waals surface area contributed by atoms with Gasteiger partial charge in [-0.15, -0.1) is 0 Å². The molecule has 9 aromatic carbocycles. The molecule has 89 heavy (non-hydrogen) atoms. The second-order valence-electron chi connectivity index (χ2n) is 20.3. The Morgan fingerprint density at radius 2 is 0.483 bits per heavy atom. The zero-order valence-corrected chi connectivity index (χ0v) is 53.5. The minimum Gasteiger partial charge on any atom is -0.497 e. The lowest BCUT2D eigenvalue weighted by Crippen LogP contribution is -2.54. The standard InChI is InChI=1S/C27H22O2.C17H14F6O2.C17H20O2.C8H10O2.C2H6O.C2H6S/c1-28-21-15-11-19(12-16-21)27(20-13-17-22(29-2)18-14-20)25-9-5-3-7-23(25)24-8-4-6-10-26(24)27;1-24-13-7-3-11(4-8-13)15(16(18,19)20,17(21,22)23)12-5-9-14(25-2)10-6-12;1-17(2,13-5-9-15(18-3)10-6-13)14-7-11-16(19-4)12-8-14;1-9-7-3-5-8(10-2)6-4-7;2*1-3-2/h3-18H,1-2H3;3-10H,1-2H3;5-12H,1-4H3;3-6H,1-2H3;2*1-2H3. The fraction of sp³-hybridized carbons (Fsp3) is 0.260. The molecule has 0 aromatic heterocycles. The third-order valence-corrected chi connectivity index (χ3v) is 14.8. The van der Waals surface area contributed by atoms with Crippen molar-refractivity contribution in [3.8, 4) is 57.1 Å². The molecule has 9 aromatic rings. The average molecular weight is 1250 g/mol. The number of hydrogen-bond donors (Lipinski definition) is 0. The van der Waals surface area contributed by atoms with Gasteiger partial charge in [0.1, 0.15) is 46.0 Å². The molecule has 9 nitrogen and oxygen atoms in total. The third-order valence-electron chi connectivity index (χ3n) is 14.8. The van der Waals surface area contributed by atoms with Crippen molar-refractivity contribution in [3.05, 3.63) is 263 Å². The molecule has 10 rings (SSSR count). The number of alkyl halides is 6. The first-order valence-corrected chi connectivity index (χ1v) is 29.5. The average Bonchev–Trinajstić information content (AvgIpc) is 1.84. The van der Waals surface area contributed by atoms with E-state index in [1.807, 2.05) is 85.3 Å². The summed E-state index contributed by atoms with van der Waals surface area (Å²) in [4.78, 5) is 0. The van der Waals surface area contributed by atoms with Crippen LogP contribution in [0.3, 0.4) is 0 Å². The van der Waals surface area contributed by atoms with Crippen LogP contribution in [0.1, 0.15) is 58.4 Å². The molecule has 0 saturated heterocycles. The quantitative estimate of drug-likeness (QED) is 0.0982. The molecule has 0 bridgehead atoms. The van der Waals surface area contributed by atoms with E-state index in [1.165, 1.54) is 58.7 Å². The van der Waals surface area contributed by atoms with Gasteiger partial charge in [0.05, 0.1) is 62.3 Å². The van der Waals surface area contributed by atoms with Gasteiger partial charge in [0.25, 0.3) is 0 Å². The number of halogens is 6. The van der Waals surface area contributed by atoms with Crippen LogP contribution in [0.5, 0.6) is 46.0 Å². The van der Waals surface area contributed by atoms with Crippen molar-refractivity contribution in [2.75, 3.05) is 83.6 Å². The Morgan fingerprint density at radius 3 is 0.697 bits per heavy atom. The van der Waals surface area contributed by atoms with Crippen molar-refractivity contribution in [3.63, 3.8) is 0 Å². The van der Waals surface area contributed by atoms with E-state index < -0.39 is 28.9 Å². The van der Waals surface area contributed by atoms with Gasteiger partial charge in [0.15, 0.2) is 0 Å². The molecular weight excluding hydrogens is 1170 g/mol. The van der Waals surface area contributed by atoms with Gasteiger partial charge in [-0.05, 0) is 165 Å². The molecule has 0 saturated carbocycles. The molecule has 0 radical (unpaired) electrons. The van der Waals surface area contributed by atoms with E-state index >= 15 is 0 Å². The van der Waals surface area contributed by atoms with Crippen LogP contribution < -0.4 is 37.9 Å². The van der Waals surface area contributed by atoms with E-state index in [-0.39, 0.29) is 22.3 Å². The Labute approximate surface area is 524 Å². The molecule has 1 aliphatic rings. The molecule has 16 heteroatoms. The Morgan fingerprint density at radius 1 is 0.292 bits per heavy atom. The van der Waals surface area contributed by atoms with E-state index in [1.54, 1.807) is 68.6 Å². The fourth-order valence-electron chi connectivity index (χ4n) is 10.3. The van der Waals surface area contributed by atoms with E-state index in [0.717, 1.165) is 83.0 Å². The van der Waals surface area contributed by atoms with Crippen LogP contribution in [0, 0.1) is 0 Å². The third kappa shape index (κ3) is 16.5. The molecule has 1 aliphatic carbocycles. The van der Waals surface area contributed by atoms with Gasteiger partial charge in [-0.1, -0.05) is 135 Å². The van der Waals surface area contributed by atoms with Crippen LogP contribution in [0.25, 0.3) is 11.1 Å². The molecule has 0 heterocycles. The molecule has 0 spiro atoms. The van der Waals surface area contributed by atoms with E-state index in [2.05, 4.69) is 116 Å². The molecule has 0 aliphatic heterocycles. The fourth-order valence-corrected chi connectivity index (χ4v) is 10.3. The normalized spacial score (nSPS) is 11.8. The van der Waals surface area contributed by atoms with Gasteiger partial charge in [0, 0.05) is 19.6 Å². The lowest BCUT2D eigenvalue weighted by atomic mass is 9.68. The van der Waals surface area contributed by atoms with Gasteiger partial charge < -0.3 is 42.6 Å². The van der Waals surface area contributed by atoms with Gasteiger partial charge in [-0.2, -0.15) is 38.1 Å². The molecule has 0 N–H and O–H groups in total. The molecule has 0 atom stereocenters. The summed E-state index contributed by atoms with van der Waals surface area (Å²) in [6, 6.07) is 65.6. The summed E-state index contributed by atoms with van der Waals surface area (Å²) in [6.07, 6.45) is -7.15. The second-order valence-corrected chi connectivity index (χ2v) is 21.1. The largest absolute Gasteiger partial charge is 0.497 e. The molecule has 0 fully saturated rings. The summed E-state index contributed by atoms with van der Waals surface area (Å²) in [6.45, 7) is 4.44. The maximum Gasteiger partial charge on any atom is 0.411 e. The molecular formula is C73H78F6O9S. The molecule has 0 amide bonds. The molecule has 0 unspecified atom stereocenters. The predicted molar refractivity (Wildman–Crippen MR) is 346 cm³/mol. The summed E-state index contributed by atoms with van der Waals surface area (Å²) in [5.41, 5.74) is 3.66. The Balaban J connectivity index is 0.000000219. The highest BCUT2D eigenvalue weighted by Crippen LogP contribution is 2.58. The summed E-state index contributed by atoms with van der Waals surface area (Å²) in [5, 5.41) is 0. The van der Waals surface area contributed by atoms with Crippen LogP contribution in [0.2, 0.25) is 0 Å². The van der Waals surface area contributed by atoms with Crippen molar-refractivity contribution in [1.29, 1.82) is 0 Å². The number of thioether (sulfide) groups is 1. The Bertz CT molecular complexity index is 3270. The number of methoxy groups -OCH3 is 9. The SMILES string of the molecule is COC.COc1ccc(C(C)(C)c2ccc(OC)cc2)cc1.COc1ccc(C(c2ccc(OC)cc2)(C(F)(F)F)C(F)(F)F)cc1.COc1ccc(C2(c3ccc(OC)cc3)c3ccccc3-c3ccccc32)cc1.COc1ccc(OC)cc1.CSC. The van der Waals surface area contributed by atoms with Gasteiger partial charge in [0.2, 0.25) is 5.41 Å².